The highest BCUT2D eigenvalue weighted by atomic mass is 79.9. The molecule has 1 atom stereocenters. The van der Waals surface area contributed by atoms with E-state index >= 15 is 0 Å². The molecule has 0 fully saturated rings. The maximum atomic E-state index is 4.56. The average molecular weight is 330 g/mol. The van der Waals surface area contributed by atoms with Gasteiger partial charge in [-0.05, 0) is 61.5 Å². The van der Waals surface area contributed by atoms with Crippen LogP contribution in [0.25, 0.3) is 0 Å². The summed E-state index contributed by atoms with van der Waals surface area (Å²) in [4.78, 5) is 0. The van der Waals surface area contributed by atoms with Gasteiger partial charge in [0.25, 0.3) is 0 Å². The molecule has 4 heteroatoms. The van der Waals surface area contributed by atoms with Crippen LogP contribution >= 0.6 is 15.9 Å². The van der Waals surface area contributed by atoms with Crippen molar-refractivity contribution in [1.82, 2.24) is 15.1 Å². The smallest absolute Gasteiger partial charge is 0.0738 e. The Morgan fingerprint density at radius 3 is 2.53 bits per heavy atom. The van der Waals surface area contributed by atoms with E-state index in [1.165, 1.54) is 23.0 Å². The second-order valence-electron chi connectivity index (χ2n) is 5.58. The van der Waals surface area contributed by atoms with Crippen molar-refractivity contribution in [2.24, 2.45) is 5.92 Å². The standard InChI is InChI=1S/C15H28BrN3/c1-6-17-13(10-11(3)4)8-9-14-15(16)12(5)18-19(14)7-2/h11,13,17H,6-10H2,1-5H3. The van der Waals surface area contributed by atoms with Crippen LogP contribution in [0.2, 0.25) is 0 Å². The normalized spacial score (nSPS) is 13.2. The SMILES string of the molecule is CCNC(CCc1c(Br)c(C)nn1CC)CC(C)C. The first-order chi connectivity index (χ1) is 8.99. The molecule has 19 heavy (non-hydrogen) atoms. The predicted molar refractivity (Wildman–Crippen MR) is 85.6 cm³/mol. The van der Waals surface area contributed by atoms with Crippen molar-refractivity contribution in [3.63, 3.8) is 0 Å². The molecule has 0 radical (unpaired) electrons. The molecule has 3 nitrogen and oxygen atoms in total. The number of hydrogen-bond acceptors (Lipinski definition) is 2. The van der Waals surface area contributed by atoms with Crippen molar-refractivity contribution in [2.45, 2.75) is 66.5 Å². The van der Waals surface area contributed by atoms with Gasteiger partial charge >= 0.3 is 0 Å². The molecular weight excluding hydrogens is 302 g/mol. The van der Waals surface area contributed by atoms with Crippen LogP contribution in [0.3, 0.4) is 0 Å². The highest BCUT2D eigenvalue weighted by molar-refractivity contribution is 9.10. The van der Waals surface area contributed by atoms with Gasteiger partial charge in [0, 0.05) is 12.6 Å². The number of aryl methyl sites for hydroxylation is 2. The molecule has 1 aromatic heterocycles. The highest BCUT2D eigenvalue weighted by Gasteiger charge is 2.15. The van der Waals surface area contributed by atoms with E-state index < -0.39 is 0 Å². The van der Waals surface area contributed by atoms with Crippen LogP contribution in [-0.2, 0) is 13.0 Å². The fourth-order valence-electron chi connectivity index (χ4n) is 2.58. The first-order valence-electron chi connectivity index (χ1n) is 7.44. The molecule has 1 N–H and O–H groups in total. The van der Waals surface area contributed by atoms with E-state index in [4.69, 9.17) is 0 Å². The number of halogens is 1. The highest BCUT2D eigenvalue weighted by Crippen LogP contribution is 2.23. The minimum Gasteiger partial charge on any atom is -0.314 e. The average Bonchev–Trinajstić information content (AvgIpc) is 2.62. The fraction of sp³-hybridized carbons (Fsp3) is 0.800. The third-order valence-corrected chi connectivity index (χ3v) is 4.46. The summed E-state index contributed by atoms with van der Waals surface area (Å²) >= 11 is 3.68. The topological polar surface area (TPSA) is 29.9 Å². The molecule has 0 spiro atoms. The van der Waals surface area contributed by atoms with E-state index in [9.17, 15) is 0 Å². The second kappa shape index (κ2) is 8.05. The van der Waals surface area contributed by atoms with Crippen molar-refractivity contribution >= 4 is 15.9 Å². The first-order valence-corrected chi connectivity index (χ1v) is 8.23. The van der Waals surface area contributed by atoms with Gasteiger partial charge in [0.2, 0.25) is 0 Å². The molecule has 0 aliphatic carbocycles. The summed E-state index contributed by atoms with van der Waals surface area (Å²) in [5, 5.41) is 8.17. The number of aromatic nitrogens is 2. The van der Waals surface area contributed by atoms with Crippen molar-refractivity contribution < 1.29 is 0 Å². The van der Waals surface area contributed by atoms with E-state index in [0.717, 1.165) is 31.1 Å². The molecule has 0 bridgehead atoms. The third kappa shape index (κ3) is 4.92. The van der Waals surface area contributed by atoms with E-state index in [1.807, 2.05) is 0 Å². The number of rotatable bonds is 8. The summed E-state index contributed by atoms with van der Waals surface area (Å²) in [5.41, 5.74) is 2.44. The van der Waals surface area contributed by atoms with E-state index in [1.54, 1.807) is 0 Å². The van der Waals surface area contributed by atoms with Gasteiger partial charge in [0.1, 0.15) is 0 Å². The quantitative estimate of drug-likeness (QED) is 0.783. The van der Waals surface area contributed by atoms with Gasteiger partial charge in [-0.25, -0.2) is 0 Å². The van der Waals surface area contributed by atoms with Crippen LogP contribution in [0.1, 0.15) is 51.9 Å². The molecule has 0 aliphatic rings. The molecule has 0 saturated carbocycles. The predicted octanol–water partition coefficient (Wildman–Crippen LogP) is 3.93. The molecular formula is C15H28BrN3. The van der Waals surface area contributed by atoms with E-state index in [-0.39, 0.29) is 0 Å². The van der Waals surface area contributed by atoms with Crippen molar-refractivity contribution in [2.75, 3.05) is 6.54 Å². The Kier molecular flexibility index (Phi) is 7.08. The molecule has 0 amide bonds. The third-order valence-electron chi connectivity index (χ3n) is 3.43. The molecule has 1 heterocycles. The van der Waals surface area contributed by atoms with Gasteiger partial charge in [-0.1, -0.05) is 20.8 Å². The van der Waals surface area contributed by atoms with Crippen molar-refractivity contribution in [3.05, 3.63) is 15.9 Å². The summed E-state index contributed by atoms with van der Waals surface area (Å²) in [6, 6.07) is 0.609. The molecule has 1 rings (SSSR count). The summed E-state index contributed by atoms with van der Waals surface area (Å²) in [6.07, 6.45) is 3.50. The molecule has 1 aromatic rings. The van der Waals surface area contributed by atoms with Gasteiger partial charge in [0.05, 0.1) is 15.9 Å². The Morgan fingerprint density at radius 1 is 1.32 bits per heavy atom. The molecule has 110 valence electrons. The number of nitrogens with one attached hydrogen (secondary N) is 1. The van der Waals surface area contributed by atoms with Crippen LogP contribution in [0.5, 0.6) is 0 Å². The Morgan fingerprint density at radius 2 is 2.00 bits per heavy atom. The Bertz CT molecular complexity index is 385. The molecule has 0 saturated heterocycles. The summed E-state index contributed by atoms with van der Waals surface area (Å²) in [5.74, 6) is 0.741. The fourth-order valence-corrected chi connectivity index (χ4v) is 3.06. The van der Waals surface area contributed by atoms with Crippen molar-refractivity contribution in [1.29, 1.82) is 0 Å². The van der Waals surface area contributed by atoms with Gasteiger partial charge in [-0.2, -0.15) is 5.10 Å². The molecule has 1 unspecified atom stereocenters. The summed E-state index contributed by atoms with van der Waals surface area (Å²) in [6.45, 7) is 13.0. The number of nitrogens with zero attached hydrogens (tertiary/aromatic N) is 2. The zero-order valence-corrected chi connectivity index (χ0v) is 14.5. The Balaban J connectivity index is 2.67. The lowest BCUT2D eigenvalue weighted by Gasteiger charge is -2.20. The van der Waals surface area contributed by atoms with Crippen LogP contribution in [0.4, 0.5) is 0 Å². The first kappa shape index (κ1) is 16.7. The minimum atomic E-state index is 0.609. The minimum absolute atomic E-state index is 0.609. The lowest BCUT2D eigenvalue weighted by atomic mass is 9.99. The van der Waals surface area contributed by atoms with E-state index in [0.29, 0.717) is 6.04 Å². The maximum Gasteiger partial charge on any atom is 0.0738 e. The Labute approximate surface area is 126 Å². The van der Waals surface area contributed by atoms with Gasteiger partial charge < -0.3 is 5.32 Å². The summed E-state index contributed by atoms with van der Waals surface area (Å²) < 4.78 is 3.31. The number of hydrogen-bond donors (Lipinski definition) is 1. The van der Waals surface area contributed by atoms with Crippen LogP contribution < -0.4 is 5.32 Å². The molecule has 0 aromatic carbocycles. The van der Waals surface area contributed by atoms with Gasteiger partial charge in [0.15, 0.2) is 0 Å². The van der Waals surface area contributed by atoms with Gasteiger partial charge in [-0.3, -0.25) is 4.68 Å². The van der Waals surface area contributed by atoms with Crippen LogP contribution in [-0.4, -0.2) is 22.4 Å². The van der Waals surface area contributed by atoms with Crippen molar-refractivity contribution in [3.8, 4) is 0 Å². The molecule has 0 aliphatic heterocycles. The lowest BCUT2D eigenvalue weighted by Crippen LogP contribution is -2.31. The zero-order valence-electron chi connectivity index (χ0n) is 13.0. The Hall–Kier alpha value is -0.350. The van der Waals surface area contributed by atoms with Crippen LogP contribution in [0.15, 0.2) is 4.47 Å². The van der Waals surface area contributed by atoms with Crippen LogP contribution in [0, 0.1) is 12.8 Å². The zero-order chi connectivity index (χ0) is 14.4. The van der Waals surface area contributed by atoms with E-state index in [2.05, 4.69) is 65.6 Å². The van der Waals surface area contributed by atoms with Gasteiger partial charge in [-0.15, -0.1) is 0 Å². The monoisotopic (exact) mass is 329 g/mol. The maximum absolute atomic E-state index is 4.56. The largest absolute Gasteiger partial charge is 0.314 e. The second-order valence-corrected chi connectivity index (χ2v) is 6.38. The summed E-state index contributed by atoms with van der Waals surface area (Å²) in [7, 11) is 0. The lowest BCUT2D eigenvalue weighted by molar-refractivity contribution is 0.401.